The van der Waals surface area contributed by atoms with Gasteiger partial charge in [0.2, 0.25) is 11.8 Å². The van der Waals surface area contributed by atoms with Gasteiger partial charge in [0.1, 0.15) is 5.60 Å². The zero-order chi connectivity index (χ0) is 22.3. The predicted octanol–water partition coefficient (Wildman–Crippen LogP) is 1.99. The van der Waals surface area contributed by atoms with Crippen molar-refractivity contribution in [1.82, 2.24) is 20.4 Å². The lowest BCUT2D eigenvalue weighted by Gasteiger charge is -2.39. The molecule has 2 unspecified atom stereocenters. The van der Waals surface area contributed by atoms with Crippen molar-refractivity contribution in [3.05, 3.63) is 0 Å². The van der Waals surface area contributed by atoms with Gasteiger partial charge in [0.15, 0.2) is 0 Å². The van der Waals surface area contributed by atoms with Crippen LogP contribution in [-0.2, 0) is 14.3 Å². The molecular formula is C22H40N4O4. The Bertz CT molecular complexity index is 596. The molecular weight excluding hydrogens is 384 g/mol. The van der Waals surface area contributed by atoms with E-state index in [1.165, 1.54) is 0 Å². The Morgan fingerprint density at radius 3 is 2.30 bits per heavy atom. The minimum atomic E-state index is -0.542. The van der Waals surface area contributed by atoms with Crippen molar-refractivity contribution in [1.29, 1.82) is 0 Å². The lowest BCUT2D eigenvalue weighted by atomic mass is 9.95. The van der Waals surface area contributed by atoms with Crippen LogP contribution in [0.5, 0.6) is 0 Å². The molecule has 0 aromatic carbocycles. The first-order valence-corrected chi connectivity index (χ1v) is 11.3. The van der Waals surface area contributed by atoms with Gasteiger partial charge in [0, 0.05) is 32.7 Å². The highest BCUT2D eigenvalue weighted by molar-refractivity contribution is 5.82. The first-order valence-electron chi connectivity index (χ1n) is 11.3. The van der Waals surface area contributed by atoms with Gasteiger partial charge in [-0.3, -0.25) is 14.5 Å². The number of piperidine rings is 2. The van der Waals surface area contributed by atoms with Crippen molar-refractivity contribution >= 4 is 17.9 Å². The fraction of sp³-hybridized carbons (Fsp3) is 0.864. The summed E-state index contributed by atoms with van der Waals surface area (Å²) in [7, 11) is 0. The number of ether oxygens (including phenoxy) is 1. The fourth-order valence-electron chi connectivity index (χ4n) is 4.03. The summed E-state index contributed by atoms with van der Waals surface area (Å²) >= 11 is 0. The Morgan fingerprint density at radius 2 is 1.67 bits per heavy atom. The van der Waals surface area contributed by atoms with Gasteiger partial charge in [0.25, 0.3) is 0 Å². The van der Waals surface area contributed by atoms with Crippen LogP contribution in [0.2, 0.25) is 0 Å². The molecule has 172 valence electrons. The van der Waals surface area contributed by atoms with Crippen molar-refractivity contribution in [2.45, 2.75) is 71.9 Å². The van der Waals surface area contributed by atoms with E-state index in [1.807, 2.05) is 11.8 Å². The molecule has 0 saturated carbocycles. The number of rotatable bonds is 6. The maximum Gasteiger partial charge on any atom is 0.407 e. The number of amides is 3. The quantitative estimate of drug-likeness (QED) is 0.637. The summed E-state index contributed by atoms with van der Waals surface area (Å²) < 4.78 is 5.17. The maximum atomic E-state index is 12.9. The number of hydrogen-bond donors (Lipinski definition) is 2. The van der Waals surface area contributed by atoms with Crippen molar-refractivity contribution < 1.29 is 19.1 Å². The molecule has 0 aromatic rings. The van der Waals surface area contributed by atoms with Crippen LogP contribution in [0.25, 0.3) is 0 Å². The number of carbonyl (C=O) groups is 3. The minimum absolute atomic E-state index is 0.0165. The molecule has 30 heavy (non-hydrogen) atoms. The molecule has 2 saturated heterocycles. The van der Waals surface area contributed by atoms with Gasteiger partial charge < -0.3 is 20.3 Å². The first kappa shape index (κ1) is 24.4. The van der Waals surface area contributed by atoms with Crippen LogP contribution in [-0.4, -0.2) is 78.6 Å². The van der Waals surface area contributed by atoms with Crippen LogP contribution in [0, 0.1) is 11.8 Å². The third-order valence-electron chi connectivity index (χ3n) is 5.92. The van der Waals surface area contributed by atoms with Crippen LogP contribution in [0.1, 0.15) is 60.3 Å². The Balaban J connectivity index is 1.73. The molecule has 3 amide bonds. The summed E-state index contributed by atoms with van der Waals surface area (Å²) in [5.74, 6) is 0.732. The Kier molecular flexibility index (Phi) is 8.94. The van der Waals surface area contributed by atoms with E-state index in [2.05, 4.69) is 22.5 Å². The molecule has 8 heteroatoms. The van der Waals surface area contributed by atoms with Crippen LogP contribution in [0.3, 0.4) is 0 Å². The van der Waals surface area contributed by atoms with E-state index in [9.17, 15) is 14.4 Å². The van der Waals surface area contributed by atoms with E-state index < -0.39 is 11.7 Å². The third-order valence-corrected chi connectivity index (χ3v) is 5.92. The van der Waals surface area contributed by atoms with E-state index in [-0.39, 0.29) is 23.8 Å². The SMILES string of the molecule is CC1CCN(C(=O)C(C)N2CCCC(C(=O)NCCNC(=O)OC(C)(C)C)C2)CC1. The second kappa shape index (κ2) is 11.0. The van der Waals surface area contributed by atoms with Crippen LogP contribution in [0.15, 0.2) is 0 Å². The Hall–Kier alpha value is -1.83. The maximum absolute atomic E-state index is 12.9. The molecule has 0 radical (unpaired) electrons. The Labute approximate surface area is 181 Å². The smallest absolute Gasteiger partial charge is 0.407 e. The second-order valence-electron chi connectivity index (χ2n) is 9.74. The molecule has 2 N–H and O–H groups in total. The van der Waals surface area contributed by atoms with Gasteiger partial charge in [-0.25, -0.2) is 4.79 Å². The topological polar surface area (TPSA) is 91.0 Å². The summed E-state index contributed by atoms with van der Waals surface area (Å²) in [5.41, 5.74) is -0.542. The van der Waals surface area contributed by atoms with Crippen molar-refractivity contribution in [2.75, 3.05) is 39.3 Å². The molecule has 2 heterocycles. The van der Waals surface area contributed by atoms with E-state index in [1.54, 1.807) is 20.8 Å². The molecule has 0 aromatic heterocycles. The number of hydrogen-bond acceptors (Lipinski definition) is 5. The monoisotopic (exact) mass is 424 g/mol. The largest absolute Gasteiger partial charge is 0.444 e. The van der Waals surface area contributed by atoms with Crippen molar-refractivity contribution in [3.8, 4) is 0 Å². The lowest BCUT2D eigenvalue weighted by Crippen LogP contribution is -2.53. The van der Waals surface area contributed by atoms with Crippen LogP contribution in [0.4, 0.5) is 4.79 Å². The van der Waals surface area contributed by atoms with Gasteiger partial charge >= 0.3 is 6.09 Å². The summed E-state index contributed by atoms with van der Waals surface area (Å²) in [6.07, 6.45) is 3.38. The lowest BCUT2D eigenvalue weighted by molar-refractivity contribution is -0.140. The van der Waals surface area contributed by atoms with Gasteiger partial charge in [-0.15, -0.1) is 0 Å². The number of nitrogens with one attached hydrogen (secondary N) is 2. The highest BCUT2D eigenvalue weighted by Gasteiger charge is 2.33. The van der Waals surface area contributed by atoms with Gasteiger partial charge in [0.05, 0.1) is 12.0 Å². The molecule has 0 bridgehead atoms. The second-order valence-corrected chi connectivity index (χ2v) is 9.74. The molecule has 8 nitrogen and oxygen atoms in total. The molecule has 0 spiro atoms. The molecule has 2 atom stereocenters. The molecule has 2 aliphatic heterocycles. The van der Waals surface area contributed by atoms with E-state index in [4.69, 9.17) is 4.74 Å². The number of alkyl carbamates (subject to hydrolysis) is 1. The molecule has 2 fully saturated rings. The molecule has 2 rings (SSSR count). The minimum Gasteiger partial charge on any atom is -0.444 e. The summed E-state index contributed by atoms with van der Waals surface area (Å²) in [6.45, 7) is 13.4. The summed E-state index contributed by atoms with van der Waals surface area (Å²) in [5, 5.41) is 5.54. The van der Waals surface area contributed by atoms with Gasteiger partial charge in [-0.1, -0.05) is 6.92 Å². The van der Waals surface area contributed by atoms with E-state index >= 15 is 0 Å². The Morgan fingerprint density at radius 1 is 1.03 bits per heavy atom. The van der Waals surface area contributed by atoms with Crippen molar-refractivity contribution in [2.24, 2.45) is 11.8 Å². The van der Waals surface area contributed by atoms with Gasteiger partial charge in [-0.2, -0.15) is 0 Å². The summed E-state index contributed by atoms with van der Waals surface area (Å²) in [4.78, 5) is 41.2. The molecule has 0 aliphatic carbocycles. The fourth-order valence-corrected chi connectivity index (χ4v) is 4.03. The van der Waals surface area contributed by atoms with Gasteiger partial charge in [-0.05, 0) is 65.8 Å². The van der Waals surface area contributed by atoms with Crippen molar-refractivity contribution in [3.63, 3.8) is 0 Å². The average Bonchev–Trinajstić information content (AvgIpc) is 2.69. The summed E-state index contributed by atoms with van der Waals surface area (Å²) in [6, 6.07) is -0.192. The first-order chi connectivity index (χ1) is 14.1. The highest BCUT2D eigenvalue weighted by Crippen LogP contribution is 2.22. The predicted molar refractivity (Wildman–Crippen MR) is 116 cm³/mol. The highest BCUT2D eigenvalue weighted by atomic mass is 16.6. The number of carbonyl (C=O) groups excluding carboxylic acids is 3. The zero-order valence-corrected chi connectivity index (χ0v) is 19.3. The number of likely N-dealkylation sites (tertiary alicyclic amines) is 2. The molecule has 2 aliphatic rings. The third kappa shape index (κ3) is 7.78. The standard InChI is InChI=1S/C22H40N4O4/c1-16-8-13-25(14-9-16)20(28)17(2)26-12-6-7-18(15-26)19(27)23-10-11-24-21(29)30-22(3,4)5/h16-18H,6-15H2,1-5H3,(H,23,27)(H,24,29). The van der Waals surface area contributed by atoms with E-state index in [0.29, 0.717) is 25.6 Å². The normalized spacial score (nSPS) is 22.3. The number of nitrogens with zero attached hydrogens (tertiary/aromatic N) is 2. The average molecular weight is 425 g/mol. The van der Waals surface area contributed by atoms with E-state index in [0.717, 1.165) is 45.3 Å². The van der Waals surface area contributed by atoms with Crippen LogP contribution < -0.4 is 10.6 Å². The zero-order valence-electron chi connectivity index (χ0n) is 19.3. The van der Waals surface area contributed by atoms with Crippen LogP contribution >= 0.6 is 0 Å².